The molecule has 0 heterocycles. The van der Waals surface area contributed by atoms with Crippen LogP contribution >= 0.6 is 0 Å². The second-order valence-corrected chi connectivity index (χ2v) is 6.18. The van der Waals surface area contributed by atoms with Gasteiger partial charge in [0.2, 0.25) is 0 Å². The summed E-state index contributed by atoms with van der Waals surface area (Å²) in [5.74, 6) is 0.919. The lowest BCUT2D eigenvalue weighted by Crippen LogP contribution is -2.40. The molecule has 2 fully saturated rings. The summed E-state index contributed by atoms with van der Waals surface area (Å²) in [4.78, 5) is 11.0. The highest BCUT2D eigenvalue weighted by Crippen LogP contribution is 2.48. The fourth-order valence-corrected chi connectivity index (χ4v) is 4.00. The van der Waals surface area contributed by atoms with Crippen molar-refractivity contribution in [2.75, 3.05) is 6.54 Å². The van der Waals surface area contributed by atoms with Gasteiger partial charge in [0, 0.05) is 0 Å². The van der Waals surface area contributed by atoms with Gasteiger partial charge in [0.05, 0.1) is 6.42 Å². The van der Waals surface area contributed by atoms with E-state index in [1.54, 1.807) is 0 Å². The number of carbonyl (C=O) groups is 1. The summed E-state index contributed by atoms with van der Waals surface area (Å²) < 4.78 is 0. The maximum Gasteiger partial charge on any atom is 0.303 e. The summed E-state index contributed by atoms with van der Waals surface area (Å²) in [5, 5.41) is 9.06. The van der Waals surface area contributed by atoms with Gasteiger partial charge in [-0.2, -0.15) is 0 Å². The second-order valence-electron chi connectivity index (χ2n) is 6.18. The zero-order valence-electron chi connectivity index (χ0n) is 10.7. The molecule has 2 aliphatic rings. The van der Waals surface area contributed by atoms with Crippen LogP contribution in [0.2, 0.25) is 0 Å². The number of rotatable bonds is 3. The fourth-order valence-electron chi connectivity index (χ4n) is 4.00. The number of carboxylic acid groups (broad SMARTS) is 1. The molecule has 98 valence electrons. The monoisotopic (exact) mass is 239 g/mol. The van der Waals surface area contributed by atoms with Crippen LogP contribution in [0.25, 0.3) is 0 Å². The standard InChI is InChI=1S/C14H25NO2/c15-10-14(9-13(16)17)7-6-11-4-2-1-3-5-12(11)8-14/h11-12H,1-10,15H2,(H,16,17)/t11-,12-,14+/m0/s1. The van der Waals surface area contributed by atoms with Crippen LogP contribution in [0.1, 0.15) is 57.8 Å². The van der Waals surface area contributed by atoms with E-state index in [2.05, 4.69) is 0 Å². The minimum absolute atomic E-state index is 0.0999. The molecule has 0 aliphatic heterocycles. The summed E-state index contributed by atoms with van der Waals surface area (Å²) in [6, 6.07) is 0. The molecule has 0 amide bonds. The van der Waals surface area contributed by atoms with Crippen LogP contribution in [-0.2, 0) is 4.79 Å². The van der Waals surface area contributed by atoms with Gasteiger partial charge in [0.15, 0.2) is 0 Å². The third-order valence-electron chi connectivity index (χ3n) is 5.02. The fraction of sp³-hybridized carbons (Fsp3) is 0.929. The first-order valence-electron chi connectivity index (χ1n) is 7.07. The molecule has 3 N–H and O–H groups in total. The molecule has 0 aromatic carbocycles. The Labute approximate surface area is 104 Å². The Hall–Kier alpha value is -0.570. The largest absolute Gasteiger partial charge is 0.481 e. The van der Waals surface area contributed by atoms with Gasteiger partial charge < -0.3 is 10.8 Å². The smallest absolute Gasteiger partial charge is 0.303 e. The lowest BCUT2D eigenvalue weighted by atomic mass is 9.62. The quantitative estimate of drug-likeness (QED) is 0.796. The Balaban J connectivity index is 2.04. The van der Waals surface area contributed by atoms with Gasteiger partial charge >= 0.3 is 5.97 Å². The summed E-state index contributed by atoms with van der Waals surface area (Å²) >= 11 is 0. The van der Waals surface area contributed by atoms with Gasteiger partial charge in [0.25, 0.3) is 0 Å². The molecule has 0 aromatic heterocycles. The van der Waals surface area contributed by atoms with Crippen molar-refractivity contribution in [3.05, 3.63) is 0 Å². The van der Waals surface area contributed by atoms with Crippen molar-refractivity contribution < 1.29 is 9.90 Å². The average molecular weight is 239 g/mol. The molecule has 0 unspecified atom stereocenters. The van der Waals surface area contributed by atoms with E-state index in [-0.39, 0.29) is 11.8 Å². The van der Waals surface area contributed by atoms with Gasteiger partial charge in [-0.1, -0.05) is 32.1 Å². The van der Waals surface area contributed by atoms with Crippen LogP contribution in [-0.4, -0.2) is 17.6 Å². The Morgan fingerprint density at radius 2 is 1.88 bits per heavy atom. The lowest BCUT2D eigenvalue weighted by molar-refractivity contribution is -0.140. The molecular weight excluding hydrogens is 214 g/mol. The van der Waals surface area contributed by atoms with E-state index in [1.807, 2.05) is 0 Å². The summed E-state index contributed by atoms with van der Waals surface area (Å²) in [6.07, 6.45) is 10.3. The molecule has 0 aromatic rings. The van der Waals surface area contributed by atoms with E-state index in [0.29, 0.717) is 6.54 Å². The van der Waals surface area contributed by atoms with Crippen molar-refractivity contribution in [3.8, 4) is 0 Å². The predicted octanol–water partition coefficient (Wildman–Crippen LogP) is 2.79. The SMILES string of the molecule is NC[C@]1(CC(=O)O)CC[C@@H]2CCCCC[C@H]2C1. The van der Waals surface area contributed by atoms with Crippen LogP contribution in [0, 0.1) is 17.3 Å². The molecule has 0 radical (unpaired) electrons. The molecule has 0 spiro atoms. The van der Waals surface area contributed by atoms with E-state index in [9.17, 15) is 4.79 Å². The average Bonchev–Trinajstić information content (AvgIpc) is 2.52. The van der Waals surface area contributed by atoms with Crippen LogP contribution in [0.3, 0.4) is 0 Å². The molecule has 0 saturated heterocycles. The Morgan fingerprint density at radius 1 is 1.18 bits per heavy atom. The highest BCUT2D eigenvalue weighted by molar-refractivity contribution is 5.67. The molecule has 17 heavy (non-hydrogen) atoms. The van der Waals surface area contributed by atoms with Crippen molar-refractivity contribution >= 4 is 5.97 Å². The van der Waals surface area contributed by atoms with Crippen LogP contribution < -0.4 is 5.73 Å². The number of hydrogen-bond donors (Lipinski definition) is 2. The zero-order valence-corrected chi connectivity index (χ0v) is 10.7. The first kappa shape index (κ1) is 12.9. The molecular formula is C14H25NO2. The van der Waals surface area contributed by atoms with E-state index < -0.39 is 5.97 Å². The Bertz CT molecular complexity index is 279. The normalized spacial score (nSPS) is 38.2. The number of fused-ring (bicyclic) bond motifs is 1. The van der Waals surface area contributed by atoms with Crippen molar-refractivity contribution in [2.45, 2.75) is 57.8 Å². The topological polar surface area (TPSA) is 63.3 Å². The predicted molar refractivity (Wildman–Crippen MR) is 67.7 cm³/mol. The van der Waals surface area contributed by atoms with Crippen molar-refractivity contribution in [2.24, 2.45) is 23.0 Å². The lowest BCUT2D eigenvalue weighted by Gasteiger charge is -2.43. The van der Waals surface area contributed by atoms with Crippen LogP contribution in [0.15, 0.2) is 0 Å². The van der Waals surface area contributed by atoms with Gasteiger partial charge in [-0.3, -0.25) is 4.79 Å². The van der Waals surface area contributed by atoms with Crippen molar-refractivity contribution in [1.82, 2.24) is 0 Å². The van der Waals surface area contributed by atoms with Crippen molar-refractivity contribution in [1.29, 1.82) is 0 Å². The van der Waals surface area contributed by atoms with Crippen LogP contribution in [0.5, 0.6) is 0 Å². The molecule has 0 bridgehead atoms. The van der Waals surface area contributed by atoms with Gasteiger partial charge in [-0.15, -0.1) is 0 Å². The Kier molecular flexibility index (Phi) is 4.08. The Morgan fingerprint density at radius 3 is 2.53 bits per heavy atom. The molecule has 3 atom stereocenters. The summed E-state index contributed by atoms with van der Waals surface area (Å²) in [6.45, 7) is 0.544. The van der Waals surface area contributed by atoms with Gasteiger partial charge in [-0.25, -0.2) is 0 Å². The highest BCUT2D eigenvalue weighted by atomic mass is 16.4. The third-order valence-corrected chi connectivity index (χ3v) is 5.02. The molecule has 3 nitrogen and oxygen atoms in total. The number of carboxylic acids is 1. The number of aliphatic carboxylic acids is 1. The zero-order chi connectivity index (χ0) is 12.3. The first-order valence-corrected chi connectivity index (χ1v) is 7.07. The highest BCUT2D eigenvalue weighted by Gasteiger charge is 2.41. The molecule has 2 rings (SSSR count). The number of nitrogens with two attached hydrogens (primary N) is 1. The summed E-state index contributed by atoms with van der Waals surface area (Å²) in [5.41, 5.74) is 5.78. The summed E-state index contributed by atoms with van der Waals surface area (Å²) in [7, 11) is 0. The van der Waals surface area contributed by atoms with E-state index in [4.69, 9.17) is 10.8 Å². The number of hydrogen-bond acceptors (Lipinski definition) is 2. The second kappa shape index (κ2) is 5.38. The van der Waals surface area contributed by atoms with Gasteiger partial charge in [0.1, 0.15) is 0 Å². The van der Waals surface area contributed by atoms with E-state index in [1.165, 1.54) is 38.5 Å². The third kappa shape index (κ3) is 3.01. The maximum absolute atomic E-state index is 11.0. The molecule has 2 aliphatic carbocycles. The molecule has 2 saturated carbocycles. The minimum atomic E-state index is -0.678. The first-order chi connectivity index (χ1) is 8.15. The minimum Gasteiger partial charge on any atom is -0.481 e. The van der Waals surface area contributed by atoms with E-state index >= 15 is 0 Å². The molecule has 3 heteroatoms. The van der Waals surface area contributed by atoms with Crippen molar-refractivity contribution in [3.63, 3.8) is 0 Å². The van der Waals surface area contributed by atoms with Gasteiger partial charge in [-0.05, 0) is 43.1 Å². The van der Waals surface area contributed by atoms with Crippen LogP contribution in [0.4, 0.5) is 0 Å². The maximum atomic E-state index is 11.0. The van der Waals surface area contributed by atoms with E-state index in [0.717, 1.165) is 24.7 Å².